The van der Waals surface area contributed by atoms with Crippen molar-refractivity contribution in [3.8, 4) is 0 Å². The molecule has 0 fully saturated rings. The molecule has 1 N–H and O–H groups in total. The summed E-state index contributed by atoms with van der Waals surface area (Å²) in [5.41, 5.74) is 3.18. The first-order valence-corrected chi connectivity index (χ1v) is 15.2. The number of hydrogen-bond acceptors (Lipinski definition) is 4. The number of rotatable bonds is 11. The van der Waals surface area contributed by atoms with Gasteiger partial charge in [-0.05, 0) is 76.1 Å². The van der Waals surface area contributed by atoms with Gasteiger partial charge in [0.1, 0.15) is 12.6 Å². The summed E-state index contributed by atoms with van der Waals surface area (Å²) in [6.07, 6.45) is 0.747. The van der Waals surface area contributed by atoms with E-state index in [0.29, 0.717) is 5.69 Å². The van der Waals surface area contributed by atoms with Crippen LogP contribution in [0.5, 0.6) is 0 Å². The minimum Gasteiger partial charge on any atom is -0.352 e. The summed E-state index contributed by atoms with van der Waals surface area (Å²) in [6.45, 7) is 9.08. The molecule has 0 spiro atoms. The van der Waals surface area contributed by atoms with Crippen LogP contribution in [0.2, 0.25) is 0 Å². The van der Waals surface area contributed by atoms with Gasteiger partial charge in [0.25, 0.3) is 10.0 Å². The van der Waals surface area contributed by atoms with Crippen LogP contribution in [0, 0.1) is 13.8 Å². The second-order valence-electron chi connectivity index (χ2n) is 9.80. The molecule has 0 bridgehead atoms. The van der Waals surface area contributed by atoms with Crippen LogP contribution in [-0.4, -0.2) is 43.8 Å². The van der Waals surface area contributed by atoms with Crippen LogP contribution in [0.25, 0.3) is 0 Å². The molecule has 0 saturated heterocycles. The second kappa shape index (κ2) is 13.3. The lowest BCUT2D eigenvalue weighted by Crippen LogP contribution is -2.52. The number of sulfonamides is 1. The highest BCUT2D eigenvalue weighted by atomic mass is 79.9. The van der Waals surface area contributed by atoms with Crippen LogP contribution in [0.4, 0.5) is 5.69 Å². The molecule has 0 saturated carbocycles. The van der Waals surface area contributed by atoms with Gasteiger partial charge in [-0.1, -0.05) is 70.4 Å². The number of hydrogen-bond donors (Lipinski definition) is 1. The van der Waals surface area contributed by atoms with Crippen LogP contribution in [0.15, 0.2) is 82.2 Å². The van der Waals surface area contributed by atoms with Crippen molar-refractivity contribution in [2.75, 3.05) is 10.8 Å². The van der Waals surface area contributed by atoms with Gasteiger partial charge in [-0.2, -0.15) is 0 Å². The Kier molecular flexibility index (Phi) is 10.3. The molecule has 0 aliphatic heterocycles. The van der Waals surface area contributed by atoms with Crippen molar-refractivity contribution >= 4 is 43.5 Å². The number of halogens is 1. The first kappa shape index (κ1) is 30.4. The molecular formula is C30H36BrN3O4S. The summed E-state index contributed by atoms with van der Waals surface area (Å²) in [5.74, 6) is -0.776. The van der Waals surface area contributed by atoms with Crippen LogP contribution in [0.3, 0.4) is 0 Å². The monoisotopic (exact) mass is 613 g/mol. The fourth-order valence-corrected chi connectivity index (χ4v) is 5.59. The van der Waals surface area contributed by atoms with E-state index in [1.165, 1.54) is 17.0 Å². The number of aryl methyl sites for hydroxylation is 2. The van der Waals surface area contributed by atoms with E-state index in [1.54, 1.807) is 43.3 Å². The SMILES string of the molecule is CC[C@@H](C)NC(=O)[C@H](C)N(Cc1ccc(C)cc1)C(=O)CN(c1ccc(Br)cc1)S(=O)(=O)c1ccc(C)cc1. The van der Waals surface area contributed by atoms with Gasteiger partial charge >= 0.3 is 0 Å². The minimum atomic E-state index is -4.09. The van der Waals surface area contributed by atoms with Crippen molar-refractivity contribution in [1.82, 2.24) is 10.2 Å². The first-order valence-electron chi connectivity index (χ1n) is 12.9. The molecule has 3 rings (SSSR count). The van der Waals surface area contributed by atoms with Crippen molar-refractivity contribution in [3.05, 3.63) is 94.0 Å². The summed E-state index contributed by atoms with van der Waals surface area (Å²) in [6, 6.07) is 20.1. The van der Waals surface area contributed by atoms with E-state index >= 15 is 0 Å². The maximum Gasteiger partial charge on any atom is 0.264 e. The van der Waals surface area contributed by atoms with Crippen LogP contribution < -0.4 is 9.62 Å². The largest absolute Gasteiger partial charge is 0.352 e. The molecule has 7 nitrogen and oxygen atoms in total. The zero-order chi connectivity index (χ0) is 28.7. The number of carbonyl (C=O) groups excluding carboxylic acids is 2. The van der Waals surface area contributed by atoms with E-state index in [2.05, 4.69) is 21.2 Å². The third kappa shape index (κ3) is 7.92. The Hall–Kier alpha value is -3.17. The summed E-state index contributed by atoms with van der Waals surface area (Å²) in [7, 11) is -4.09. The number of carbonyl (C=O) groups is 2. The van der Waals surface area contributed by atoms with E-state index in [-0.39, 0.29) is 23.4 Å². The standard InChI is InChI=1S/C30H36BrN3O4S/c1-6-23(4)32-30(36)24(5)33(19-25-11-7-21(2)8-12-25)29(35)20-34(27-15-13-26(31)14-16-27)39(37,38)28-17-9-22(3)10-18-28/h7-18,23-24H,6,19-20H2,1-5H3,(H,32,36)/t23-,24+/m1/s1. The van der Waals surface area contributed by atoms with Gasteiger partial charge in [0.05, 0.1) is 10.6 Å². The molecule has 0 heterocycles. The van der Waals surface area contributed by atoms with E-state index in [4.69, 9.17) is 0 Å². The fourth-order valence-electron chi connectivity index (χ4n) is 3.91. The molecule has 2 atom stereocenters. The number of anilines is 1. The summed E-state index contributed by atoms with van der Waals surface area (Å²) in [4.78, 5) is 28.6. The van der Waals surface area contributed by atoms with Crippen molar-refractivity contribution in [1.29, 1.82) is 0 Å². The van der Waals surface area contributed by atoms with Gasteiger partial charge in [-0.25, -0.2) is 8.42 Å². The Labute approximate surface area is 240 Å². The number of benzene rings is 3. The van der Waals surface area contributed by atoms with Crippen molar-refractivity contribution in [2.24, 2.45) is 0 Å². The highest BCUT2D eigenvalue weighted by molar-refractivity contribution is 9.10. The average Bonchev–Trinajstić information content (AvgIpc) is 2.91. The lowest BCUT2D eigenvalue weighted by atomic mass is 10.1. The zero-order valence-electron chi connectivity index (χ0n) is 23.0. The lowest BCUT2D eigenvalue weighted by Gasteiger charge is -2.32. The molecule has 0 radical (unpaired) electrons. The average molecular weight is 615 g/mol. The molecule has 3 aromatic carbocycles. The van der Waals surface area contributed by atoms with Gasteiger partial charge in [-0.15, -0.1) is 0 Å². The Morgan fingerprint density at radius 2 is 1.41 bits per heavy atom. The van der Waals surface area contributed by atoms with E-state index < -0.39 is 28.5 Å². The fraction of sp³-hybridized carbons (Fsp3) is 0.333. The summed E-state index contributed by atoms with van der Waals surface area (Å²) in [5, 5.41) is 2.94. The third-order valence-electron chi connectivity index (χ3n) is 6.64. The van der Waals surface area contributed by atoms with Gasteiger partial charge < -0.3 is 10.2 Å². The van der Waals surface area contributed by atoms with Gasteiger partial charge in [0.15, 0.2) is 0 Å². The summed E-state index contributed by atoms with van der Waals surface area (Å²) >= 11 is 3.39. The Bertz CT molecular complexity index is 1380. The molecule has 0 aromatic heterocycles. The topological polar surface area (TPSA) is 86.8 Å². The molecule has 39 heavy (non-hydrogen) atoms. The van der Waals surface area contributed by atoms with Crippen LogP contribution in [0.1, 0.15) is 43.9 Å². The van der Waals surface area contributed by atoms with Crippen LogP contribution >= 0.6 is 15.9 Å². The molecule has 3 aromatic rings. The van der Waals surface area contributed by atoms with Crippen molar-refractivity contribution in [2.45, 2.75) is 64.6 Å². The molecule has 0 unspecified atom stereocenters. The second-order valence-corrected chi connectivity index (χ2v) is 12.6. The zero-order valence-corrected chi connectivity index (χ0v) is 25.4. The van der Waals surface area contributed by atoms with E-state index in [0.717, 1.165) is 31.9 Å². The van der Waals surface area contributed by atoms with Crippen molar-refractivity contribution < 1.29 is 18.0 Å². The highest BCUT2D eigenvalue weighted by Crippen LogP contribution is 2.26. The minimum absolute atomic E-state index is 0.0579. The quantitative estimate of drug-likeness (QED) is 0.305. The Balaban J connectivity index is 2.01. The predicted molar refractivity (Wildman–Crippen MR) is 159 cm³/mol. The Morgan fingerprint density at radius 3 is 1.95 bits per heavy atom. The smallest absolute Gasteiger partial charge is 0.264 e. The van der Waals surface area contributed by atoms with Gasteiger partial charge in [0, 0.05) is 17.1 Å². The van der Waals surface area contributed by atoms with Crippen molar-refractivity contribution in [3.63, 3.8) is 0 Å². The van der Waals surface area contributed by atoms with Gasteiger partial charge in [0.2, 0.25) is 11.8 Å². The molecule has 208 valence electrons. The maximum absolute atomic E-state index is 13.9. The van der Waals surface area contributed by atoms with Crippen LogP contribution in [-0.2, 0) is 26.2 Å². The Morgan fingerprint density at radius 1 is 0.872 bits per heavy atom. The number of amides is 2. The van der Waals surface area contributed by atoms with E-state index in [1.807, 2.05) is 52.0 Å². The lowest BCUT2D eigenvalue weighted by molar-refractivity contribution is -0.139. The summed E-state index contributed by atoms with van der Waals surface area (Å²) < 4.78 is 29.6. The number of nitrogens with zero attached hydrogens (tertiary/aromatic N) is 2. The molecule has 9 heteroatoms. The molecule has 0 aliphatic carbocycles. The first-order chi connectivity index (χ1) is 18.4. The predicted octanol–water partition coefficient (Wildman–Crippen LogP) is 5.59. The van der Waals surface area contributed by atoms with Gasteiger partial charge in [-0.3, -0.25) is 13.9 Å². The third-order valence-corrected chi connectivity index (χ3v) is 8.96. The number of nitrogens with one attached hydrogen (secondary N) is 1. The highest BCUT2D eigenvalue weighted by Gasteiger charge is 2.32. The maximum atomic E-state index is 13.9. The van der Waals surface area contributed by atoms with E-state index in [9.17, 15) is 18.0 Å². The molecule has 0 aliphatic rings. The molecule has 2 amide bonds. The normalized spacial score (nSPS) is 12.9. The molecular weight excluding hydrogens is 578 g/mol.